The summed E-state index contributed by atoms with van der Waals surface area (Å²) in [6, 6.07) is 10.1. The van der Waals surface area contributed by atoms with Gasteiger partial charge in [0.25, 0.3) is 5.91 Å². The lowest BCUT2D eigenvalue weighted by molar-refractivity contribution is 0.0714. The maximum Gasteiger partial charge on any atom is 0.270 e. The number of piperidine rings is 1. The van der Waals surface area contributed by atoms with E-state index in [1.165, 1.54) is 18.6 Å². The van der Waals surface area contributed by atoms with Crippen LogP contribution in [0.15, 0.2) is 47.1 Å². The van der Waals surface area contributed by atoms with Crippen LogP contribution < -0.4 is 0 Å². The van der Waals surface area contributed by atoms with Gasteiger partial charge in [0.1, 0.15) is 11.5 Å². The van der Waals surface area contributed by atoms with Crippen LogP contribution in [0.2, 0.25) is 0 Å². The second-order valence-corrected chi connectivity index (χ2v) is 6.27. The Morgan fingerprint density at radius 2 is 1.96 bits per heavy atom. The number of furan rings is 1. The van der Waals surface area contributed by atoms with Gasteiger partial charge in [-0.1, -0.05) is 12.1 Å². The zero-order valence-electron chi connectivity index (χ0n) is 13.4. The lowest BCUT2D eigenvalue weighted by atomic mass is 10.1. The van der Waals surface area contributed by atoms with Crippen molar-refractivity contribution in [3.63, 3.8) is 0 Å². The second kappa shape index (κ2) is 6.15. The molecule has 3 aromatic rings. The molecule has 0 atom stereocenters. The van der Waals surface area contributed by atoms with Crippen LogP contribution in [-0.2, 0) is 6.54 Å². The van der Waals surface area contributed by atoms with Gasteiger partial charge < -0.3 is 13.9 Å². The van der Waals surface area contributed by atoms with Gasteiger partial charge in [0.2, 0.25) is 0 Å². The van der Waals surface area contributed by atoms with Crippen molar-refractivity contribution in [2.45, 2.75) is 25.8 Å². The zero-order chi connectivity index (χ0) is 16.5. The fourth-order valence-electron chi connectivity index (χ4n) is 3.40. The molecule has 3 heterocycles. The van der Waals surface area contributed by atoms with E-state index in [9.17, 15) is 9.18 Å². The topological polar surface area (TPSA) is 38.4 Å². The van der Waals surface area contributed by atoms with Crippen LogP contribution in [0.3, 0.4) is 0 Å². The van der Waals surface area contributed by atoms with Crippen LogP contribution in [0.4, 0.5) is 4.39 Å². The van der Waals surface area contributed by atoms with Crippen molar-refractivity contribution in [2.75, 3.05) is 13.1 Å². The molecule has 2 aromatic heterocycles. The van der Waals surface area contributed by atoms with Crippen LogP contribution in [0.1, 0.15) is 35.3 Å². The lowest BCUT2D eigenvalue weighted by Crippen LogP contribution is -2.36. The summed E-state index contributed by atoms with van der Waals surface area (Å²) >= 11 is 0. The Labute approximate surface area is 139 Å². The third kappa shape index (κ3) is 2.70. The molecule has 5 heteroatoms. The standard InChI is InChI=1S/C19H19FN2O2/c20-15-6-4-5-14(11-15)13-22-16-7-10-24-18(16)12-17(22)19(23)21-8-2-1-3-9-21/h4-7,10-12H,1-3,8-9,13H2. The van der Waals surface area contributed by atoms with E-state index in [2.05, 4.69) is 0 Å². The van der Waals surface area contributed by atoms with Gasteiger partial charge in [-0.05, 0) is 37.0 Å². The van der Waals surface area contributed by atoms with Crippen LogP contribution >= 0.6 is 0 Å². The van der Waals surface area contributed by atoms with Gasteiger partial charge in [-0.25, -0.2) is 4.39 Å². The van der Waals surface area contributed by atoms with Gasteiger partial charge >= 0.3 is 0 Å². The van der Waals surface area contributed by atoms with Gasteiger partial charge in [0, 0.05) is 31.8 Å². The smallest absolute Gasteiger partial charge is 0.270 e. The largest absolute Gasteiger partial charge is 0.463 e. The number of amides is 1. The van der Waals surface area contributed by atoms with E-state index in [0.717, 1.165) is 37.0 Å². The van der Waals surface area contributed by atoms with Crippen LogP contribution in [0, 0.1) is 5.82 Å². The van der Waals surface area contributed by atoms with Crippen molar-refractivity contribution in [1.82, 2.24) is 9.47 Å². The van der Waals surface area contributed by atoms with Gasteiger partial charge in [0.05, 0.1) is 11.8 Å². The molecule has 24 heavy (non-hydrogen) atoms. The fraction of sp³-hybridized carbons (Fsp3) is 0.316. The number of fused-ring (bicyclic) bond motifs is 1. The molecule has 0 aliphatic carbocycles. The first-order valence-electron chi connectivity index (χ1n) is 8.33. The summed E-state index contributed by atoms with van der Waals surface area (Å²) in [6.07, 6.45) is 4.89. The number of carbonyl (C=O) groups is 1. The molecule has 4 rings (SSSR count). The number of likely N-dealkylation sites (tertiary alicyclic amines) is 1. The lowest BCUT2D eigenvalue weighted by Gasteiger charge is -2.27. The molecule has 1 amide bonds. The summed E-state index contributed by atoms with van der Waals surface area (Å²) in [5.41, 5.74) is 2.98. The Balaban J connectivity index is 1.72. The Morgan fingerprint density at radius 1 is 1.12 bits per heavy atom. The molecule has 1 fully saturated rings. The van der Waals surface area contributed by atoms with E-state index >= 15 is 0 Å². The van der Waals surface area contributed by atoms with Gasteiger partial charge in [0.15, 0.2) is 5.58 Å². The molecule has 0 spiro atoms. The summed E-state index contributed by atoms with van der Waals surface area (Å²) in [7, 11) is 0. The van der Waals surface area contributed by atoms with Gasteiger partial charge in [-0.2, -0.15) is 0 Å². The predicted octanol–water partition coefficient (Wildman–Crippen LogP) is 4.05. The Hall–Kier alpha value is -2.56. The van der Waals surface area contributed by atoms with E-state index in [0.29, 0.717) is 17.8 Å². The highest BCUT2D eigenvalue weighted by Gasteiger charge is 2.23. The summed E-state index contributed by atoms with van der Waals surface area (Å²) < 4.78 is 20.9. The Kier molecular flexibility index (Phi) is 3.84. The number of rotatable bonds is 3. The van der Waals surface area contributed by atoms with Crippen LogP contribution in [0.25, 0.3) is 11.1 Å². The van der Waals surface area contributed by atoms with Crippen molar-refractivity contribution in [3.8, 4) is 0 Å². The third-order valence-electron chi connectivity index (χ3n) is 4.61. The molecule has 4 nitrogen and oxygen atoms in total. The Bertz CT molecular complexity index is 875. The van der Waals surface area contributed by atoms with Crippen molar-refractivity contribution in [1.29, 1.82) is 0 Å². The van der Waals surface area contributed by atoms with E-state index in [1.54, 1.807) is 18.4 Å². The monoisotopic (exact) mass is 326 g/mol. The maximum atomic E-state index is 13.5. The zero-order valence-corrected chi connectivity index (χ0v) is 13.4. The van der Waals surface area contributed by atoms with E-state index < -0.39 is 0 Å². The molecule has 1 saturated heterocycles. The quantitative estimate of drug-likeness (QED) is 0.728. The highest BCUT2D eigenvalue weighted by molar-refractivity contribution is 5.97. The first kappa shape index (κ1) is 15.0. The fourth-order valence-corrected chi connectivity index (χ4v) is 3.40. The minimum absolute atomic E-state index is 0.0255. The minimum Gasteiger partial charge on any atom is -0.463 e. The normalized spacial score (nSPS) is 15.1. The molecule has 1 aliphatic heterocycles. The van der Waals surface area contributed by atoms with E-state index in [-0.39, 0.29) is 11.7 Å². The number of aromatic nitrogens is 1. The van der Waals surface area contributed by atoms with Gasteiger partial charge in [-0.15, -0.1) is 0 Å². The predicted molar refractivity (Wildman–Crippen MR) is 89.5 cm³/mol. The molecule has 124 valence electrons. The Morgan fingerprint density at radius 3 is 2.75 bits per heavy atom. The first-order valence-corrected chi connectivity index (χ1v) is 8.33. The first-order chi connectivity index (χ1) is 11.7. The number of nitrogens with zero attached hydrogens (tertiary/aromatic N) is 2. The number of hydrogen-bond acceptors (Lipinski definition) is 2. The second-order valence-electron chi connectivity index (χ2n) is 6.27. The molecule has 0 bridgehead atoms. The van der Waals surface area contributed by atoms with E-state index in [1.807, 2.05) is 21.6 Å². The average Bonchev–Trinajstić information content (AvgIpc) is 3.18. The summed E-state index contributed by atoms with van der Waals surface area (Å²) in [6.45, 7) is 2.03. The van der Waals surface area contributed by atoms with Crippen molar-refractivity contribution in [2.24, 2.45) is 0 Å². The SMILES string of the molecule is O=C(c1cc2occc2n1Cc1cccc(F)c1)N1CCCCC1. The molecule has 0 unspecified atom stereocenters. The summed E-state index contributed by atoms with van der Waals surface area (Å²) in [5, 5.41) is 0. The molecule has 0 N–H and O–H groups in total. The number of benzene rings is 1. The minimum atomic E-state index is -0.271. The number of hydrogen-bond donors (Lipinski definition) is 0. The summed E-state index contributed by atoms with van der Waals surface area (Å²) in [4.78, 5) is 14.8. The molecule has 1 aliphatic rings. The van der Waals surface area contributed by atoms with Crippen molar-refractivity contribution >= 4 is 17.0 Å². The van der Waals surface area contributed by atoms with E-state index in [4.69, 9.17) is 4.42 Å². The third-order valence-corrected chi connectivity index (χ3v) is 4.61. The highest BCUT2D eigenvalue weighted by atomic mass is 19.1. The number of halogens is 1. The van der Waals surface area contributed by atoms with Gasteiger partial charge in [-0.3, -0.25) is 4.79 Å². The molecule has 0 saturated carbocycles. The molecule has 1 aromatic carbocycles. The molecular weight excluding hydrogens is 307 g/mol. The maximum absolute atomic E-state index is 13.5. The van der Waals surface area contributed by atoms with Crippen molar-refractivity contribution < 1.29 is 13.6 Å². The average molecular weight is 326 g/mol. The number of carbonyl (C=O) groups excluding carboxylic acids is 1. The van der Waals surface area contributed by atoms with Crippen molar-refractivity contribution in [3.05, 3.63) is 59.7 Å². The van der Waals surface area contributed by atoms with Crippen LogP contribution in [0.5, 0.6) is 0 Å². The molecule has 0 radical (unpaired) electrons. The van der Waals surface area contributed by atoms with Crippen LogP contribution in [-0.4, -0.2) is 28.5 Å². The molecular formula is C19H19FN2O2. The summed E-state index contributed by atoms with van der Waals surface area (Å²) in [5.74, 6) is -0.246. The highest BCUT2D eigenvalue weighted by Crippen LogP contribution is 2.24.